The van der Waals surface area contributed by atoms with E-state index in [4.69, 9.17) is 9.47 Å². The third kappa shape index (κ3) is 4.27. The van der Waals surface area contributed by atoms with Crippen molar-refractivity contribution in [1.82, 2.24) is 29.6 Å². The molecule has 1 fully saturated rings. The Labute approximate surface area is 180 Å². The van der Waals surface area contributed by atoms with Crippen molar-refractivity contribution in [2.24, 2.45) is 0 Å². The van der Waals surface area contributed by atoms with Crippen LogP contribution in [0.1, 0.15) is 42.0 Å². The molecule has 1 unspecified atom stereocenters. The minimum absolute atomic E-state index is 0.0707. The van der Waals surface area contributed by atoms with E-state index in [1.807, 2.05) is 0 Å². The summed E-state index contributed by atoms with van der Waals surface area (Å²) in [5, 5.41) is 7.80. The van der Waals surface area contributed by atoms with Crippen LogP contribution in [0.5, 0.6) is 5.88 Å². The summed E-state index contributed by atoms with van der Waals surface area (Å²) in [5.74, 6) is 0.346. The molecule has 2 aliphatic rings. The topological polar surface area (TPSA) is 129 Å². The van der Waals surface area contributed by atoms with E-state index in [-0.39, 0.29) is 19.1 Å². The van der Waals surface area contributed by atoms with Crippen molar-refractivity contribution in [1.29, 1.82) is 0 Å². The number of fused-ring (bicyclic) bond motifs is 1. The van der Waals surface area contributed by atoms with Gasteiger partial charge in [-0.05, 0) is 26.3 Å². The fourth-order valence-corrected chi connectivity index (χ4v) is 4.41. The van der Waals surface area contributed by atoms with Crippen LogP contribution in [0.2, 0.25) is 0 Å². The van der Waals surface area contributed by atoms with E-state index in [9.17, 15) is 13.2 Å². The quantitative estimate of drug-likeness (QED) is 0.667. The summed E-state index contributed by atoms with van der Waals surface area (Å²) < 4.78 is 39.5. The number of hydrogen-bond acceptors (Lipinski definition) is 8. The Bertz CT molecular complexity index is 1070. The number of methoxy groups -OCH3 is 1. The van der Waals surface area contributed by atoms with Gasteiger partial charge in [0.2, 0.25) is 15.9 Å². The van der Waals surface area contributed by atoms with E-state index in [0.29, 0.717) is 43.2 Å². The molecule has 0 saturated carbocycles. The zero-order valence-electron chi connectivity index (χ0n) is 17.7. The van der Waals surface area contributed by atoms with Gasteiger partial charge in [0.1, 0.15) is 11.3 Å². The Hall–Kier alpha value is -2.57. The normalized spacial score (nSPS) is 21.0. The fraction of sp³-hybridized carbons (Fsp3) is 0.579. The van der Waals surface area contributed by atoms with Crippen molar-refractivity contribution >= 4 is 15.9 Å². The van der Waals surface area contributed by atoms with Crippen molar-refractivity contribution in [3.63, 3.8) is 0 Å². The van der Waals surface area contributed by atoms with Crippen LogP contribution in [0.25, 0.3) is 0 Å². The number of carbonyl (C=O) groups is 1. The van der Waals surface area contributed by atoms with E-state index in [2.05, 4.69) is 20.0 Å². The average Bonchev–Trinajstić information content (AvgIpc) is 3.36. The maximum absolute atomic E-state index is 12.8. The molecule has 0 bridgehead atoms. The SMILES string of the molecule is COc1ccc(C(=O)N2CCC3(C2)Cn2nnc(CNS(=O)(=O)C(C)C)c2CO3)cn1. The number of hydrogen-bond donors (Lipinski definition) is 1. The lowest BCUT2D eigenvalue weighted by Gasteiger charge is -2.34. The number of carbonyl (C=O) groups excluding carboxylic acids is 1. The second kappa shape index (κ2) is 8.17. The van der Waals surface area contributed by atoms with Gasteiger partial charge in [0, 0.05) is 18.8 Å². The minimum Gasteiger partial charge on any atom is -0.481 e. The molecule has 12 heteroatoms. The largest absolute Gasteiger partial charge is 0.481 e. The second-order valence-corrected chi connectivity index (χ2v) is 10.4. The van der Waals surface area contributed by atoms with Gasteiger partial charge in [-0.3, -0.25) is 4.79 Å². The Morgan fingerprint density at radius 3 is 2.84 bits per heavy atom. The molecule has 0 aliphatic carbocycles. The standard InChI is InChI=1S/C19H26N6O5S/c1-13(2)31(27,28)21-9-15-16-10-30-19(12-25(16)23-22-15)6-7-24(11-19)18(26)14-4-5-17(29-3)20-8-14/h4-5,8,13,21H,6-7,9-12H2,1-3H3. The van der Waals surface area contributed by atoms with Crippen molar-refractivity contribution in [3.8, 4) is 5.88 Å². The molecule has 4 rings (SSSR count). The van der Waals surface area contributed by atoms with E-state index in [1.165, 1.54) is 13.3 Å². The second-order valence-electron chi connectivity index (χ2n) is 8.09. The summed E-state index contributed by atoms with van der Waals surface area (Å²) in [6, 6.07) is 3.35. The first kappa shape index (κ1) is 21.7. The van der Waals surface area contributed by atoms with Gasteiger partial charge >= 0.3 is 0 Å². The highest BCUT2D eigenvalue weighted by molar-refractivity contribution is 7.90. The van der Waals surface area contributed by atoms with Crippen LogP contribution < -0.4 is 9.46 Å². The van der Waals surface area contributed by atoms with E-state index in [0.717, 1.165) is 5.69 Å². The van der Waals surface area contributed by atoms with Gasteiger partial charge in [-0.15, -0.1) is 5.10 Å². The van der Waals surface area contributed by atoms with Crippen LogP contribution in [0.15, 0.2) is 18.3 Å². The van der Waals surface area contributed by atoms with Crippen LogP contribution in [0.3, 0.4) is 0 Å². The molecule has 2 aromatic rings. The molecule has 1 amide bonds. The summed E-state index contributed by atoms with van der Waals surface area (Å²) in [6.45, 7) is 5.02. The smallest absolute Gasteiger partial charge is 0.255 e. The zero-order valence-corrected chi connectivity index (χ0v) is 18.6. The number of ether oxygens (including phenoxy) is 2. The predicted octanol–water partition coefficient (Wildman–Crippen LogP) is 0.325. The van der Waals surface area contributed by atoms with Gasteiger partial charge in [-0.25, -0.2) is 22.8 Å². The maximum atomic E-state index is 12.8. The maximum Gasteiger partial charge on any atom is 0.255 e. The third-order valence-electron chi connectivity index (χ3n) is 5.73. The first-order valence-electron chi connectivity index (χ1n) is 10.1. The Morgan fingerprint density at radius 1 is 1.35 bits per heavy atom. The summed E-state index contributed by atoms with van der Waals surface area (Å²) in [7, 11) is -1.87. The summed E-state index contributed by atoms with van der Waals surface area (Å²) in [6.07, 6.45) is 2.19. The molecule has 2 aliphatic heterocycles. The fourth-order valence-electron chi connectivity index (χ4n) is 3.74. The molecule has 0 radical (unpaired) electrons. The monoisotopic (exact) mass is 450 g/mol. The lowest BCUT2D eigenvalue weighted by atomic mass is 10.0. The third-order valence-corrected chi connectivity index (χ3v) is 7.52. The lowest BCUT2D eigenvalue weighted by Crippen LogP contribution is -2.45. The molecule has 2 aromatic heterocycles. The minimum atomic E-state index is -3.40. The summed E-state index contributed by atoms with van der Waals surface area (Å²) in [4.78, 5) is 18.7. The van der Waals surface area contributed by atoms with Gasteiger partial charge < -0.3 is 14.4 Å². The number of likely N-dealkylation sites (tertiary alicyclic amines) is 1. The average molecular weight is 451 g/mol. The van der Waals surface area contributed by atoms with Gasteiger partial charge in [0.25, 0.3) is 5.91 Å². The number of rotatable bonds is 6. The number of pyridine rings is 1. The Kier molecular flexibility index (Phi) is 5.71. The molecule has 0 aromatic carbocycles. The van der Waals surface area contributed by atoms with Gasteiger partial charge in [-0.2, -0.15) is 0 Å². The Morgan fingerprint density at radius 2 is 2.16 bits per heavy atom. The van der Waals surface area contributed by atoms with E-state index >= 15 is 0 Å². The van der Waals surface area contributed by atoms with Crippen molar-refractivity contribution in [2.75, 3.05) is 20.2 Å². The zero-order chi connectivity index (χ0) is 22.2. The van der Waals surface area contributed by atoms with Crippen LogP contribution in [-0.2, 0) is 34.5 Å². The van der Waals surface area contributed by atoms with E-state index < -0.39 is 20.9 Å². The van der Waals surface area contributed by atoms with Gasteiger partial charge in [-0.1, -0.05) is 5.21 Å². The van der Waals surface area contributed by atoms with Gasteiger partial charge in [0.05, 0.1) is 49.9 Å². The molecule has 1 spiro atoms. The highest BCUT2D eigenvalue weighted by Crippen LogP contribution is 2.33. The highest BCUT2D eigenvalue weighted by Gasteiger charge is 2.45. The molecule has 4 heterocycles. The predicted molar refractivity (Wildman–Crippen MR) is 110 cm³/mol. The number of aromatic nitrogens is 4. The molecule has 1 saturated heterocycles. The van der Waals surface area contributed by atoms with Crippen LogP contribution in [-0.4, -0.2) is 70.3 Å². The van der Waals surface area contributed by atoms with Crippen LogP contribution in [0, 0.1) is 0 Å². The first-order chi connectivity index (χ1) is 14.7. The molecule has 1 atom stereocenters. The lowest BCUT2D eigenvalue weighted by molar-refractivity contribution is -0.0828. The summed E-state index contributed by atoms with van der Waals surface area (Å²) >= 11 is 0. The number of nitrogens with one attached hydrogen (secondary N) is 1. The first-order valence-corrected chi connectivity index (χ1v) is 11.6. The molecular weight excluding hydrogens is 424 g/mol. The summed E-state index contributed by atoms with van der Waals surface area (Å²) in [5.41, 5.74) is 1.26. The van der Waals surface area contributed by atoms with Gasteiger partial charge in [0.15, 0.2) is 0 Å². The molecule has 11 nitrogen and oxygen atoms in total. The number of nitrogens with zero attached hydrogens (tertiary/aromatic N) is 5. The number of sulfonamides is 1. The molecule has 31 heavy (non-hydrogen) atoms. The van der Waals surface area contributed by atoms with E-state index in [1.54, 1.807) is 35.6 Å². The van der Waals surface area contributed by atoms with Crippen molar-refractivity contribution in [3.05, 3.63) is 35.3 Å². The van der Waals surface area contributed by atoms with Crippen LogP contribution >= 0.6 is 0 Å². The van der Waals surface area contributed by atoms with Crippen LogP contribution in [0.4, 0.5) is 0 Å². The van der Waals surface area contributed by atoms with Crippen molar-refractivity contribution in [2.45, 2.75) is 50.8 Å². The highest BCUT2D eigenvalue weighted by atomic mass is 32.2. The van der Waals surface area contributed by atoms with Crippen molar-refractivity contribution < 1.29 is 22.7 Å². The Balaban J connectivity index is 1.42. The molecule has 1 N–H and O–H groups in total. The molecular formula is C19H26N6O5S. The molecule has 168 valence electrons. The number of amides is 1.